The largest absolute Gasteiger partial charge is 0.326 e. The van der Waals surface area contributed by atoms with Gasteiger partial charge in [-0.25, -0.2) is 8.42 Å². The first-order valence-electron chi connectivity index (χ1n) is 5.89. The molecule has 1 aliphatic heterocycles. The molecule has 1 heterocycles. The number of alkyl halides is 1. The number of rotatable bonds is 3. The highest BCUT2D eigenvalue weighted by atomic mass is 35.5. The number of benzene rings is 1. The number of anilines is 1. The molecular formula is C13H16ClNO3S. The van der Waals surface area contributed by atoms with E-state index < -0.39 is 20.0 Å². The standard InChI is InChI=1S/C13H16ClNO3S/c1-13(2,19(3,17)18)12(14)8-4-5-10-9(6-8)7-11(16)15-10/h4-6,12H,7H2,1-3H3,(H,15,16). The van der Waals surface area contributed by atoms with Crippen molar-refractivity contribution in [2.45, 2.75) is 30.4 Å². The molecule has 0 aliphatic carbocycles. The van der Waals surface area contributed by atoms with Gasteiger partial charge in [-0.05, 0) is 31.0 Å². The van der Waals surface area contributed by atoms with Crippen molar-refractivity contribution < 1.29 is 13.2 Å². The van der Waals surface area contributed by atoms with Gasteiger partial charge in [0.15, 0.2) is 9.84 Å². The van der Waals surface area contributed by atoms with Gasteiger partial charge in [0.1, 0.15) is 0 Å². The van der Waals surface area contributed by atoms with E-state index in [1.165, 1.54) is 6.26 Å². The molecule has 6 heteroatoms. The molecule has 0 radical (unpaired) electrons. The minimum atomic E-state index is -3.29. The van der Waals surface area contributed by atoms with Gasteiger partial charge in [-0.3, -0.25) is 4.79 Å². The lowest BCUT2D eigenvalue weighted by atomic mass is 9.98. The number of amides is 1. The monoisotopic (exact) mass is 301 g/mol. The average Bonchev–Trinajstić information content (AvgIpc) is 2.65. The second kappa shape index (κ2) is 4.49. The van der Waals surface area contributed by atoms with Crippen LogP contribution in [0.25, 0.3) is 0 Å². The molecule has 1 N–H and O–H groups in total. The van der Waals surface area contributed by atoms with Crippen LogP contribution in [0.1, 0.15) is 30.4 Å². The van der Waals surface area contributed by atoms with Crippen molar-refractivity contribution in [3.8, 4) is 0 Å². The van der Waals surface area contributed by atoms with E-state index in [-0.39, 0.29) is 5.91 Å². The second-order valence-corrected chi connectivity index (χ2v) is 8.41. The summed E-state index contributed by atoms with van der Waals surface area (Å²) in [4.78, 5) is 11.3. The van der Waals surface area contributed by atoms with Gasteiger partial charge in [0.05, 0.1) is 16.5 Å². The minimum Gasteiger partial charge on any atom is -0.326 e. The summed E-state index contributed by atoms with van der Waals surface area (Å²) in [7, 11) is -3.29. The molecule has 4 nitrogen and oxygen atoms in total. The third-order valence-electron chi connectivity index (χ3n) is 3.61. The van der Waals surface area contributed by atoms with Gasteiger partial charge in [-0.1, -0.05) is 12.1 Å². The highest BCUT2D eigenvalue weighted by molar-refractivity contribution is 7.92. The summed E-state index contributed by atoms with van der Waals surface area (Å²) in [5, 5.41) is 2.07. The Morgan fingerprint density at radius 3 is 2.58 bits per heavy atom. The van der Waals surface area contributed by atoms with Crippen LogP contribution in [-0.4, -0.2) is 25.3 Å². The maximum absolute atomic E-state index is 11.8. The Balaban J connectivity index is 2.39. The Hall–Kier alpha value is -1.07. The normalized spacial score (nSPS) is 16.9. The molecule has 0 aromatic heterocycles. The smallest absolute Gasteiger partial charge is 0.228 e. The van der Waals surface area contributed by atoms with Gasteiger partial charge in [-0.15, -0.1) is 11.6 Å². The maximum Gasteiger partial charge on any atom is 0.228 e. The average molecular weight is 302 g/mol. The van der Waals surface area contributed by atoms with Gasteiger partial charge in [0.25, 0.3) is 0 Å². The van der Waals surface area contributed by atoms with E-state index in [9.17, 15) is 13.2 Å². The first-order chi connectivity index (χ1) is 8.63. The second-order valence-electron chi connectivity index (χ2n) is 5.38. The van der Waals surface area contributed by atoms with Gasteiger partial charge in [0.2, 0.25) is 5.91 Å². The summed E-state index contributed by atoms with van der Waals surface area (Å²) < 4.78 is 22.5. The van der Waals surface area contributed by atoms with Gasteiger partial charge >= 0.3 is 0 Å². The molecule has 0 saturated carbocycles. The zero-order valence-electron chi connectivity index (χ0n) is 11.0. The van der Waals surface area contributed by atoms with Crippen LogP contribution in [0.15, 0.2) is 18.2 Å². The third kappa shape index (κ3) is 2.49. The molecule has 1 atom stereocenters. The fourth-order valence-electron chi connectivity index (χ4n) is 2.00. The van der Waals surface area contributed by atoms with E-state index in [4.69, 9.17) is 11.6 Å². The van der Waals surface area contributed by atoms with Crippen molar-refractivity contribution in [2.24, 2.45) is 0 Å². The zero-order chi connectivity index (χ0) is 14.4. The molecule has 19 heavy (non-hydrogen) atoms. The summed E-state index contributed by atoms with van der Waals surface area (Å²) in [6.07, 6.45) is 1.49. The Kier molecular flexibility index (Phi) is 3.39. The lowest BCUT2D eigenvalue weighted by molar-refractivity contribution is -0.115. The zero-order valence-corrected chi connectivity index (χ0v) is 12.6. The van der Waals surface area contributed by atoms with E-state index in [0.717, 1.165) is 11.3 Å². The summed E-state index contributed by atoms with van der Waals surface area (Å²) in [5.41, 5.74) is 2.35. The van der Waals surface area contributed by atoms with Crippen LogP contribution in [0.4, 0.5) is 5.69 Å². The molecule has 1 aliphatic rings. The van der Waals surface area contributed by atoms with Crippen LogP contribution in [0.5, 0.6) is 0 Å². The molecule has 1 aromatic rings. The van der Waals surface area contributed by atoms with E-state index in [0.29, 0.717) is 12.0 Å². The Morgan fingerprint density at radius 1 is 1.37 bits per heavy atom. The predicted octanol–water partition coefficient (Wildman–Crippen LogP) is 2.28. The Morgan fingerprint density at radius 2 is 2.00 bits per heavy atom. The van der Waals surface area contributed by atoms with Gasteiger partial charge in [0, 0.05) is 11.9 Å². The quantitative estimate of drug-likeness (QED) is 0.871. The van der Waals surface area contributed by atoms with Crippen LogP contribution >= 0.6 is 11.6 Å². The van der Waals surface area contributed by atoms with Gasteiger partial charge in [-0.2, -0.15) is 0 Å². The minimum absolute atomic E-state index is 0.0550. The van der Waals surface area contributed by atoms with Crippen LogP contribution in [0, 0.1) is 0 Å². The van der Waals surface area contributed by atoms with Gasteiger partial charge < -0.3 is 5.32 Å². The first kappa shape index (κ1) is 14.3. The molecule has 1 unspecified atom stereocenters. The van der Waals surface area contributed by atoms with E-state index in [2.05, 4.69) is 5.32 Å². The summed E-state index contributed by atoms with van der Waals surface area (Å²) in [6.45, 7) is 3.22. The number of carbonyl (C=O) groups is 1. The van der Waals surface area contributed by atoms with Crippen LogP contribution in [0.2, 0.25) is 0 Å². The molecular weight excluding hydrogens is 286 g/mol. The van der Waals surface area contributed by atoms with Crippen molar-refractivity contribution in [2.75, 3.05) is 11.6 Å². The molecule has 0 spiro atoms. The Bertz CT molecular complexity index is 637. The SMILES string of the molecule is CC(C)(C(Cl)c1ccc2c(c1)CC(=O)N2)S(C)(=O)=O. The van der Waals surface area contributed by atoms with E-state index in [1.807, 2.05) is 0 Å². The highest BCUT2D eigenvalue weighted by Gasteiger charge is 2.39. The maximum atomic E-state index is 11.8. The molecule has 0 fully saturated rings. The van der Waals surface area contributed by atoms with Crippen molar-refractivity contribution in [3.63, 3.8) is 0 Å². The summed E-state index contributed by atoms with van der Waals surface area (Å²) >= 11 is 6.34. The number of hydrogen-bond acceptors (Lipinski definition) is 3. The van der Waals surface area contributed by atoms with Crippen LogP contribution < -0.4 is 5.32 Å². The fraction of sp³-hybridized carbons (Fsp3) is 0.462. The number of fused-ring (bicyclic) bond motifs is 1. The number of sulfone groups is 1. The van der Waals surface area contributed by atoms with Crippen LogP contribution in [0.3, 0.4) is 0 Å². The lowest BCUT2D eigenvalue weighted by Crippen LogP contribution is -2.35. The predicted molar refractivity (Wildman–Crippen MR) is 76.3 cm³/mol. The number of halogens is 1. The topological polar surface area (TPSA) is 63.2 Å². The van der Waals surface area contributed by atoms with Crippen molar-refractivity contribution in [1.82, 2.24) is 0 Å². The number of carbonyl (C=O) groups excluding carboxylic acids is 1. The highest BCUT2D eigenvalue weighted by Crippen LogP contribution is 2.39. The van der Waals surface area contributed by atoms with Crippen LogP contribution in [-0.2, 0) is 21.1 Å². The summed E-state index contributed by atoms with van der Waals surface area (Å²) in [6, 6.07) is 5.33. The molecule has 1 aromatic carbocycles. The number of nitrogens with one attached hydrogen (secondary N) is 1. The third-order valence-corrected chi connectivity index (χ3v) is 6.69. The molecule has 104 valence electrons. The molecule has 1 amide bonds. The molecule has 0 saturated heterocycles. The lowest BCUT2D eigenvalue weighted by Gasteiger charge is -2.28. The van der Waals surface area contributed by atoms with E-state index >= 15 is 0 Å². The van der Waals surface area contributed by atoms with E-state index in [1.54, 1.807) is 32.0 Å². The first-order valence-corrected chi connectivity index (χ1v) is 8.22. The molecule has 2 rings (SSSR count). The summed E-state index contributed by atoms with van der Waals surface area (Å²) in [5.74, 6) is -0.0550. The van der Waals surface area contributed by atoms with Crippen molar-refractivity contribution >= 4 is 33.0 Å². The Labute approximate surface area is 118 Å². The molecule has 0 bridgehead atoms. The van der Waals surface area contributed by atoms with Crippen molar-refractivity contribution in [1.29, 1.82) is 0 Å². The number of hydrogen-bond donors (Lipinski definition) is 1. The van der Waals surface area contributed by atoms with Crippen molar-refractivity contribution in [3.05, 3.63) is 29.3 Å². The fourth-order valence-corrected chi connectivity index (χ4v) is 3.13.